The van der Waals surface area contributed by atoms with Crippen LogP contribution in [-0.4, -0.2) is 98.0 Å². The van der Waals surface area contributed by atoms with E-state index in [0.717, 1.165) is 79.4 Å². The number of ether oxygens (including phenoxy) is 2. The fourth-order valence-electron chi connectivity index (χ4n) is 8.60. The van der Waals surface area contributed by atoms with Gasteiger partial charge in [-0.15, -0.1) is 0 Å². The quantitative estimate of drug-likeness (QED) is 0.230. The van der Waals surface area contributed by atoms with Crippen molar-refractivity contribution in [1.29, 1.82) is 0 Å². The molecule has 3 saturated heterocycles. The molecule has 0 atom stereocenters. The first-order valence-corrected chi connectivity index (χ1v) is 18.4. The molecule has 2 aromatic heterocycles. The van der Waals surface area contributed by atoms with Crippen molar-refractivity contribution in [1.82, 2.24) is 34.4 Å². The second-order valence-corrected chi connectivity index (χ2v) is 16.1. The van der Waals surface area contributed by atoms with Gasteiger partial charge < -0.3 is 29.9 Å². The number of benzene rings is 2. The van der Waals surface area contributed by atoms with Crippen LogP contribution < -0.4 is 10.5 Å². The number of nitrogens with two attached hydrogens (primary N) is 1. The Kier molecular flexibility index (Phi) is 8.67. The first-order chi connectivity index (χ1) is 24.1. The van der Waals surface area contributed by atoms with Gasteiger partial charge in [-0.05, 0) is 114 Å². The molecule has 8 rings (SSSR count). The van der Waals surface area contributed by atoms with E-state index in [9.17, 15) is 4.79 Å². The Balaban J connectivity index is 0.833. The molecule has 0 unspecified atom stereocenters. The molecular formula is C39H50N8O3. The number of carbonyl (C=O) groups is 1. The second-order valence-electron chi connectivity index (χ2n) is 16.1. The van der Waals surface area contributed by atoms with E-state index in [1.165, 1.54) is 38.8 Å². The topological polar surface area (TPSA) is 115 Å². The number of piperidine rings is 2. The maximum Gasteiger partial charge on any atom is 0.410 e. The Morgan fingerprint density at radius 1 is 0.900 bits per heavy atom. The summed E-state index contributed by atoms with van der Waals surface area (Å²) in [5.74, 6) is 2.60. The smallest absolute Gasteiger partial charge is 0.410 e. The number of aromatic nitrogens is 4. The lowest BCUT2D eigenvalue weighted by molar-refractivity contribution is -0.0578. The van der Waals surface area contributed by atoms with Gasteiger partial charge in [0.1, 0.15) is 34.9 Å². The third-order valence-electron chi connectivity index (χ3n) is 11.4. The van der Waals surface area contributed by atoms with E-state index in [0.29, 0.717) is 23.2 Å². The molecule has 0 radical (unpaired) electrons. The Morgan fingerprint density at radius 3 is 2.26 bits per heavy atom. The van der Waals surface area contributed by atoms with Crippen molar-refractivity contribution in [3.63, 3.8) is 0 Å². The Bertz CT molecular complexity index is 1790. The average molecular weight is 679 g/mol. The fourth-order valence-corrected chi connectivity index (χ4v) is 8.60. The van der Waals surface area contributed by atoms with Crippen LogP contribution in [-0.2, 0) is 4.74 Å². The Labute approximate surface area is 294 Å². The minimum Gasteiger partial charge on any atom is -0.457 e. The van der Waals surface area contributed by atoms with Gasteiger partial charge in [0.05, 0.1) is 11.4 Å². The highest BCUT2D eigenvalue weighted by atomic mass is 16.6. The number of nitrogen functional groups attached to an aromatic ring is 1. The lowest BCUT2D eigenvalue weighted by Crippen LogP contribution is -2.58. The molecule has 11 nitrogen and oxygen atoms in total. The van der Waals surface area contributed by atoms with Crippen LogP contribution in [0.1, 0.15) is 65.3 Å². The fraction of sp³-hybridized carbons (Fsp3) is 0.538. The minimum atomic E-state index is -0.434. The Hall–Kier alpha value is -4.22. The van der Waals surface area contributed by atoms with Crippen LogP contribution in [0.4, 0.5) is 10.6 Å². The molecule has 3 aliphatic heterocycles. The predicted octanol–water partition coefficient (Wildman–Crippen LogP) is 6.62. The number of para-hydroxylation sites is 1. The number of hydrogen-bond donors (Lipinski definition) is 1. The van der Waals surface area contributed by atoms with E-state index >= 15 is 0 Å². The molecule has 0 bridgehead atoms. The number of anilines is 1. The van der Waals surface area contributed by atoms with E-state index in [-0.39, 0.29) is 12.1 Å². The van der Waals surface area contributed by atoms with Crippen molar-refractivity contribution >= 4 is 22.9 Å². The van der Waals surface area contributed by atoms with Crippen LogP contribution in [0.15, 0.2) is 60.9 Å². The molecule has 5 heterocycles. The number of amides is 1. The summed E-state index contributed by atoms with van der Waals surface area (Å²) < 4.78 is 13.6. The van der Waals surface area contributed by atoms with Crippen LogP contribution >= 0.6 is 0 Å². The van der Waals surface area contributed by atoms with Crippen LogP contribution in [0.25, 0.3) is 22.3 Å². The molecule has 2 aromatic carbocycles. The van der Waals surface area contributed by atoms with Gasteiger partial charge in [-0.1, -0.05) is 18.2 Å². The summed E-state index contributed by atoms with van der Waals surface area (Å²) in [5.41, 5.74) is 9.12. The van der Waals surface area contributed by atoms with Gasteiger partial charge in [0.25, 0.3) is 0 Å². The van der Waals surface area contributed by atoms with Gasteiger partial charge in [0, 0.05) is 50.2 Å². The molecule has 4 aromatic rings. The first kappa shape index (κ1) is 33.0. The number of likely N-dealkylation sites (tertiary alicyclic amines) is 3. The highest BCUT2D eigenvalue weighted by molar-refractivity contribution is 5.98. The average Bonchev–Trinajstić information content (AvgIpc) is 3.46. The summed E-state index contributed by atoms with van der Waals surface area (Å²) in [6.45, 7) is 13.0. The second kappa shape index (κ2) is 13.2. The molecule has 50 heavy (non-hydrogen) atoms. The summed E-state index contributed by atoms with van der Waals surface area (Å²) in [6.07, 6.45) is 8.71. The number of nitrogens with zero attached hydrogens (tertiary/aromatic N) is 7. The molecule has 1 aliphatic carbocycles. The lowest BCUT2D eigenvalue weighted by Gasteiger charge is -2.56. The monoisotopic (exact) mass is 678 g/mol. The zero-order valence-electron chi connectivity index (χ0n) is 29.6. The summed E-state index contributed by atoms with van der Waals surface area (Å²) in [4.78, 5) is 28.5. The van der Waals surface area contributed by atoms with Crippen molar-refractivity contribution in [2.75, 3.05) is 51.5 Å². The highest BCUT2D eigenvalue weighted by Crippen LogP contribution is 2.51. The van der Waals surface area contributed by atoms with Gasteiger partial charge >= 0.3 is 6.09 Å². The van der Waals surface area contributed by atoms with Crippen molar-refractivity contribution in [2.24, 2.45) is 11.3 Å². The van der Waals surface area contributed by atoms with Crippen molar-refractivity contribution < 1.29 is 14.3 Å². The largest absolute Gasteiger partial charge is 0.457 e. The molecule has 1 amide bonds. The summed E-state index contributed by atoms with van der Waals surface area (Å²) >= 11 is 0. The maximum absolute atomic E-state index is 12.3. The minimum absolute atomic E-state index is 0.172. The highest BCUT2D eigenvalue weighted by Gasteiger charge is 2.48. The van der Waals surface area contributed by atoms with Crippen LogP contribution in [0.3, 0.4) is 0 Å². The molecule has 1 saturated carbocycles. The standard InChI is InChI=1S/C39H50N8O3/c1-38(2,3)50-37(48)46-24-27(25-46)23-44-19-15-39(16-20-44)21-30(22-39)45-17-13-29(14-18-45)47-36-33(35(40)41-26-42-36)34(43-47)28-9-11-32(12-10-28)49-31-7-5-4-6-8-31/h4-12,26-27,29-30H,13-25H2,1-3H3,(H2,40,41,42). The number of rotatable bonds is 7. The van der Waals surface area contributed by atoms with Crippen molar-refractivity contribution in [3.8, 4) is 22.8 Å². The summed E-state index contributed by atoms with van der Waals surface area (Å²) in [6, 6.07) is 18.8. The molecule has 264 valence electrons. The third-order valence-corrected chi connectivity index (χ3v) is 11.4. The predicted molar refractivity (Wildman–Crippen MR) is 194 cm³/mol. The molecular weight excluding hydrogens is 628 g/mol. The number of fused-ring (bicyclic) bond motifs is 1. The molecule has 4 aliphatic rings. The molecule has 2 N–H and O–H groups in total. The van der Waals surface area contributed by atoms with E-state index in [1.807, 2.05) is 80.3 Å². The van der Waals surface area contributed by atoms with Gasteiger partial charge in [-0.3, -0.25) is 0 Å². The summed E-state index contributed by atoms with van der Waals surface area (Å²) in [5, 5.41) is 5.96. The normalized spacial score (nSPS) is 20.9. The SMILES string of the molecule is CC(C)(C)OC(=O)N1CC(CN2CCC3(CC2)CC(N2CCC(n4nc(-c5ccc(Oc6ccccc6)cc5)c5c(N)ncnc54)CC2)C3)C1. The molecule has 1 spiro atoms. The number of carbonyl (C=O) groups excluding carboxylic acids is 1. The van der Waals surface area contributed by atoms with Gasteiger partial charge in [0.15, 0.2) is 5.65 Å². The van der Waals surface area contributed by atoms with Crippen LogP contribution in [0, 0.1) is 11.3 Å². The summed E-state index contributed by atoms with van der Waals surface area (Å²) in [7, 11) is 0. The van der Waals surface area contributed by atoms with E-state index in [4.69, 9.17) is 20.3 Å². The van der Waals surface area contributed by atoms with Crippen molar-refractivity contribution in [3.05, 3.63) is 60.9 Å². The van der Waals surface area contributed by atoms with Gasteiger partial charge in [-0.2, -0.15) is 5.10 Å². The third kappa shape index (κ3) is 6.77. The molecule has 11 heteroatoms. The van der Waals surface area contributed by atoms with Crippen LogP contribution in [0.2, 0.25) is 0 Å². The molecule has 4 fully saturated rings. The van der Waals surface area contributed by atoms with Gasteiger partial charge in [-0.25, -0.2) is 19.4 Å². The van der Waals surface area contributed by atoms with E-state index < -0.39 is 5.60 Å². The van der Waals surface area contributed by atoms with Crippen LogP contribution in [0.5, 0.6) is 11.5 Å². The number of hydrogen-bond acceptors (Lipinski definition) is 9. The zero-order valence-corrected chi connectivity index (χ0v) is 29.6. The zero-order chi connectivity index (χ0) is 34.5. The van der Waals surface area contributed by atoms with Gasteiger partial charge in [0.2, 0.25) is 0 Å². The lowest BCUT2D eigenvalue weighted by atomic mass is 9.59. The van der Waals surface area contributed by atoms with E-state index in [1.54, 1.807) is 6.33 Å². The maximum atomic E-state index is 12.3. The first-order valence-electron chi connectivity index (χ1n) is 18.4. The van der Waals surface area contributed by atoms with Crippen molar-refractivity contribution in [2.45, 2.75) is 77.0 Å². The Morgan fingerprint density at radius 2 is 1.58 bits per heavy atom. The van der Waals surface area contributed by atoms with E-state index in [2.05, 4.69) is 24.4 Å².